The Morgan fingerprint density at radius 3 is 2.57 bits per heavy atom. The van der Waals surface area contributed by atoms with Crippen molar-refractivity contribution in [3.8, 4) is 0 Å². The van der Waals surface area contributed by atoms with Gasteiger partial charge in [0.25, 0.3) is 11.8 Å². The molecular formula is C12H6F4N2O3. The van der Waals surface area contributed by atoms with E-state index >= 15 is 0 Å². The quantitative estimate of drug-likeness (QED) is 0.629. The molecule has 9 heteroatoms. The van der Waals surface area contributed by atoms with Crippen LogP contribution in [0, 0.1) is 11.6 Å². The van der Waals surface area contributed by atoms with Gasteiger partial charge in [0, 0.05) is 0 Å². The fourth-order valence-corrected chi connectivity index (χ4v) is 2.08. The minimum atomic E-state index is -2.97. The Bertz CT molecular complexity index is 763. The molecule has 0 bridgehead atoms. The lowest BCUT2D eigenvalue weighted by atomic mass is 10.1. The largest absolute Gasteiger partial charge is 0.352 e. The molecule has 1 fully saturated rings. The van der Waals surface area contributed by atoms with E-state index in [0.717, 1.165) is 11.0 Å². The summed E-state index contributed by atoms with van der Waals surface area (Å²) >= 11 is 0. The van der Waals surface area contributed by atoms with Crippen LogP contribution in [0.25, 0.3) is 11.0 Å². The van der Waals surface area contributed by atoms with E-state index in [2.05, 4.69) is 9.68 Å². The number of rotatable bonds is 2. The van der Waals surface area contributed by atoms with Crippen molar-refractivity contribution < 1.29 is 31.7 Å². The van der Waals surface area contributed by atoms with Crippen LogP contribution in [0.15, 0.2) is 10.6 Å². The topological polar surface area (TPSA) is 63.4 Å². The molecule has 3 rings (SSSR count). The molecule has 1 saturated heterocycles. The molecule has 1 aliphatic heterocycles. The number of fused-ring (bicyclic) bond motifs is 1. The summed E-state index contributed by atoms with van der Waals surface area (Å²) in [4.78, 5) is 23.4. The van der Waals surface area contributed by atoms with Crippen molar-refractivity contribution in [3.63, 3.8) is 0 Å². The minimum Gasteiger partial charge on any atom is -0.352 e. The van der Waals surface area contributed by atoms with Gasteiger partial charge in [-0.2, -0.15) is 4.39 Å². The molecule has 0 saturated carbocycles. The highest BCUT2D eigenvalue weighted by Gasteiger charge is 2.47. The molecule has 0 radical (unpaired) electrons. The zero-order valence-corrected chi connectivity index (χ0v) is 10.2. The van der Waals surface area contributed by atoms with Crippen LogP contribution in [-0.2, 0) is 0 Å². The monoisotopic (exact) mass is 302 g/mol. The maximum Gasteiger partial charge on any atom is 0.282 e. The Hall–Kier alpha value is -2.45. The van der Waals surface area contributed by atoms with E-state index in [4.69, 9.17) is 0 Å². The average Bonchev–Trinajstić information content (AvgIpc) is 2.83. The summed E-state index contributed by atoms with van der Waals surface area (Å²) in [6, 6.07) is 0.891. The van der Waals surface area contributed by atoms with Crippen LogP contribution >= 0.6 is 0 Å². The standard InChI is InChI=1S/C12H6F4N2O3/c13-7-5(2-19)1-6-9(17-21-10(6)8(7)14)11(20)18-3-12(15,16)4-18/h1-2H,3-4H2. The Morgan fingerprint density at radius 2 is 2.00 bits per heavy atom. The summed E-state index contributed by atoms with van der Waals surface area (Å²) < 4.78 is 57.0. The van der Waals surface area contributed by atoms with Gasteiger partial charge in [-0.3, -0.25) is 9.59 Å². The van der Waals surface area contributed by atoms with Crippen LogP contribution in [0.5, 0.6) is 0 Å². The summed E-state index contributed by atoms with van der Waals surface area (Å²) in [6.07, 6.45) is 0.0664. The summed E-state index contributed by atoms with van der Waals surface area (Å²) in [7, 11) is 0. The van der Waals surface area contributed by atoms with E-state index in [-0.39, 0.29) is 11.7 Å². The average molecular weight is 302 g/mol. The maximum atomic E-state index is 13.6. The number of hydrogen-bond donors (Lipinski definition) is 0. The number of halogens is 4. The first kappa shape index (κ1) is 13.5. The fourth-order valence-electron chi connectivity index (χ4n) is 2.08. The van der Waals surface area contributed by atoms with Crippen molar-refractivity contribution in [2.75, 3.05) is 13.1 Å². The smallest absolute Gasteiger partial charge is 0.282 e. The van der Waals surface area contributed by atoms with Gasteiger partial charge in [-0.1, -0.05) is 5.16 Å². The number of benzene rings is 1. The molecular weight excluding hydrogens is 296 g/mol. The van der Waals surface area contributed by atoms with Crippen LogP contribution in [-0.4, -0.2) is 41.3 Å². The SMILES string of the molecule is O=Cc1cc2c(C(=O)N3CC(F)(F)C3)noc2c(F)c1F. The third kappa shape index (κ3) is 1.96. The molecule has 1 aromatic heterocycles. The number of amides is 1. The Kier molecular flexibility index (Phi) is 2.75. The van der Waals surface area contributed by atoms with Crippen LogP contribution in [0.1, 0.15) is 20.8 Å². The zero-order chi connectivity index (χ0) is 15.4. The molecule has 0 spiro atoms. The Morgan fingerprint density at radius 1 is 1.33 bits per heavy atom. The highest BCUT2D eigenvalue weighted by Crippen LogP contribution is 2.31. The zero-order valence-electron chi connectivity index (χ0n) is 10.2. The molecule has 0 atom stereocenters. The van der Waals surface area contributed by atoms with Crippen LogP contribution < -0.4 is 0 Å². The van der Waals surface area contributed by atoms with Crippen molar-refractivity contribution in [1.29, 1.82) is 0 Å². The van der Waals surface area contributed by atoms with Crippen molar-refractivity contribution in [2.24, 2.45) is 0 Å². The molecule has 1 aromatic carbocycles. The van der Waals surface area contributed by atoms with Crippen LogP contribution in [0.3, 0.4) is 0 Å². The van der Waals surface area contributed by atoms with Crippen LogP contribution in [0.2, 0.25) is 0 Å². The second-order valence-corrected chi connectivity index (χ2v) is 4.64. The maximum absolute atomic E-state index is 13.6. The Labute approximate surface area is 114 Å². The number of hydrogen-bond acceptors (Lipinski definition) is 4. The molecule has 1 amide bonds. The lowest BCUT2D eigenvalue weighted by Gasteiger charge is -2.38. The predicted octanol–water partition coefficient (Wildman–Crippen LogP) is 2.01. The number of aromatic nitrogens is 1. The van der Waals surface area contributed by atoms with Crippen molar-refractivity contribution in [1.82, 2.24) is 10.1 Å². The third-order valence-corrected chi connectivity index (χ3v) is 3.13. The molecule has 21 heavy (non-hydrogen) atoms. The normalized spacial score (nSPS) is 16.9. The summed E-state index contributed by atoms with van der Waals surface area (Å²) in [6.45, 7) is -1.57. The molecule has 5 nitrogen and oxygen atoms in total. The van der Waals surface area contributed by atoms with Crippen molar-refractivity contribution in [3.05, 3.63) is 29.0 Å². The van der Waals surface area contributed by atoms with Gasteiger partial charge >= 0.3 is 0 Å². The number of carbonyl (C=O) groups excluding carboxylic acids is 2. The van der Waals surface area contributed by atoms with Gasteiger partial charge in [0.1, 0.15) is 0 Å². The van der Waals surface area contributed by atoms with Gasteiger partial charge in [-0.25, -0.2) is 13.2 Å². The predicted molar refractivity (Wildman–Crippen MR) is 60.2 cm³/mol. The van der Waals surface area contributed by atoms with Gasteiger partial charge in [0.05, 0.1) is 24.0 Å². The van der Waals surface area contributed by atoms with E-state index in [1.54, 1.807) is 0 Å². The molecule has 0 unspecified atom stereocenters. The first-order valence-electron chi connectivity index (χ1n) is 5.74. The van der Waals surface area contributed by atoms with Gasteiger partial charge < -0.3 is 9.42 Å². The third-order valence-electron chi connectivity index (χ3n) is 3.13. The number of likely N-dealkylation sites (tertiary alicyclic amines) is 1. The van der Waals surface area contributed by atoms with E-state index in [9.17, 15) is 27.2 Å². The number of carbonyl (C=O) groups is 2. The summed E-state index contributed by atoms with van der Waals surface area (Å²) in [5, 5.41) is 3.05. The molecule has 0 N–H and O–H groups in total. The highest BCUT2D eigenvalue weighted by molar-refractivity contribution is 6.05. The first-order chi connectivity index (χ1) is 9.84. The van der Waals surface area contributed by atoms with Crippen molar-refractivity contribution in [2.45, 2.75) is 5.92 Å². The molecule has 110 valence electrons. The highest BCUT2D eigenvalue weighted by atomic mass is 19.3. The van der Waals surface area contributed by atoms with Gasteiger partial charge in [0.2, 0.25) is 11.4 Å². The van der Waals surface area contributed by atoms with Gasteiger partial charge in [0.15, 0.2) is 17.8 Å². The molecule has 2 heterocycles. The summed E-state index contributed by atoms with van der Waals surface area (Å²) in [5.74, 6) is -6.76. The Balaban J connectivity index is 2.06. The van der Waals surface area contributed by atoms with Gasteiger partial charge in [-0.05, 0) is 6.07 Å². The molecule has 0 aliphatic carbocycles. The van der Waals surface area contributed by atoms with E-state index in [0.29, 0.717) is 0 Å². The number of alkyl halides is 2. The second kappa shape index (κ2) is 4.27. The minimum absolute atomic E-state index is 0.0664. The fraction of sp³-hybridized carbons (Fsp3) is 0.250. The number of aldehydes is 1. The summed E-state index contributed by atoms with van der Waals surface area (Å²) in [5.41, 5.74) is -1.71. The lowest BCUT2D eigenvalue weighted by Crippen LogP contribution is -2.58. The lowest BCUT2D eigenvalue weighted by molar-refractivity contribution is -0.113. The van der Waals surface area contributed by atoms with E-state index in [1.165, 1.54) is 0 Å². The van der Waals surface area contributed by atoms with Gasteiger partial charge in [-0.15, -0.1) is 0 Å². The second-order valence-electron chi connectivity index (χ2n) is 4.64. The molecule has 1 aliphatic rings. The first-order valence-corrected chi connectivity index (χ1v) is 5.74. The van der Waals surface area contributed by atoms with E-state index < -0.39 is 53.4 Å². The molecule has 2 aromatic rings. The number of nitrogens with zero attached hydrogens (tertiary/aromatic N) is 2. The van der Waals surface area contributed by atoms with Crippen LogP contribution in [0.4, 0.5) is 17.6 Å². The van der Waals surface area contributed by atoms with E-state index in [1.807, 2.05) is 0 Å². The van der Waals surface area contributed by atoms with Crippen molar-refractivity contribution >= 4 is 23.2 Å².